The molecule has 0 aliphatic heterocycles. The van der Waals surface area contributed by atoms with E-state index in [1.807, 2.05) is 31.2 Å². The van der Waals surface area contributed by atoms with Crippen LogP contribution in [0, 0.1) is 12.8 Å². The van der Waals surface area contributed by atoms with Crippen molar-refractivity contribution in [3.63, 3.8) is 0 Å². The van der Waals surface area contributed by atoms with Crippen molar-refractivity contribution in [2.45, 2.75) is 27.3 Å². The van der Waals surface area contributed by atoms with E-state index in [0.29, 0.717) is 30.5 Å². The normalized spacial score (nSPS) is 11.0. The number of pyridine rings is 1. The molecule has 0 saturated carbocycles. The quantitative estimate of drug-likeness (QED) is 0.775. The van der Waals surface area contributed by atoms with Gasteiger partial charge < -0.3 is 4.90 Å². The molecule has 0 saturated heterocycles. The van der Waals surface area contributed by atoms with E-state index in [9.17, 15) is 4.79 Å². The van der Waals surface area contributed by atoms with Crippen LogP contribution in [0.2, 0.25) is 0 Å². The molecule has 0 aromatic carbocycles. The van der Waals surface area contributed by atoms with Crippen molar-refractivity contribution >= 4 is 17.5 Å². The van der Waals surface area contributed by atoms with Crippen LogP contribution in [-0.4, -0.2) is 37.1 Å². The molecule has 0 bridgehead atoms. The smallest absolute Gasteiger partial charge is 0.318 e. The van der Waals surface area contributed by atoms with Gasteiger partial charge in [-0.05, 0) is 31.0 Å². The highest BCUT2D eigenvalue weighted by Gasteiger charge is 2.17. The van der Waals surface area contributed by atoms with Gasteiger partial charge in [0.15, 0.2) is 5.65 Å². The van der Waals surface area contributed by atoms with Crippen molar-refractivity contribution in [1.82, 2.24) is 24.5 Å². The molecule has 25 heavy (non-hydrogen) atoms. The van der Waals surface area contributed by atoms with E-state index in [1.165, 1.54) is 0 Å². The van der Waals surface area contributed by atoms with Crippen LogP contribution >= 0.6 is 0 Å². The Bertz CT molecular complexity index is 858. The van der Waals surface area contributed by atoms with Crippen molar-refractivity contribution < 1.29 is 4.79 Å². The van der Waals surface area contributed by atoms with E-state index in [2.05, 4.69) is 34.2 Å². The van der Waals surface area contributed by atoms with Crippen LogP contribution in [0.5, 0.6) is 0 Å². The summed E-state index contributed by atoms with van der Waals surface area (Å²) in [4.78, 5) is 23.2. The Kier molecular flexibility index (Phi) is 4.92. The Labute approximate surface area is 146 Å². The zero-order valence-corrected chi connectivity index (χ0v) is 14.7. The molecule has 3 heterocycles. The Balaban J connectivity index is 1.81. The Hall–Kier alpha value is -2.96. The zero-order valence-electron chi connectivity index (χ0n) is 14.7. The van der Waals surface area contributed by atoms with Gasteiger partial charge in [0.2, 0.25) is 0 Å². The molecule has 0 aliphatic rings. The summed E-state index contributed by atoms with van der Waals surface area (Å²) in [7, 11) is 0. The minimum atomic E-state index is -0.181. The summed E-state index contributed by atoms with van der Waals surface area (Å²) in [5.41, 5.74) is 2.41. The van der Waals surface area contributed by atoms with Gasteiger partial charge in [0.25, 0.3) is 0 Å². The van der Waals surface area contributed by atoms with E-state index >= 15 is 0 Å². The average molecular weight is 338 g/mol. The maximum Gasteiger partial charge on any atom is 0.323 e. The number of amides is 2. The molecule has 3 aromatic heterocycles. The summed E-state index contributed by atoms with van der Waals surface area (Å²) in [6, 6.07) is 9.14. The first kappa shape index (κ1) is 16.9. The standard InChI is InChI=1S/C18H22N6O/c1-13(2)11-23(12-15-6-4-5-8-19-15)18(25)21-16-7-9-20-17-10-14(3)22-24(16)17/h4-10,13H,11-12H2,1-3H3,(H,21,25). The second-order valence-corrected chi connectivity index (χ2v) is 6.41. The van der Waals surface area contributed by atoms with Crippen molar-refractivity contribution in [3.8, 4) is 0 Å². The molecule has 130 valence electrons. The van der Waals surface area contributed by atoms with Gasteiger partial charge in [-0.1, -0.05) is 19.9 Å². The predicted octanol–water partition coefficient (Wildman–Crippen LogP) is 3.12. The fraction of sp³-hybridized carbons (Fsp3) is 0.333. The molecule has 3 rings (SSSR count). The topological polar surface area (TPSA) is 75.4 Å². The number of hydrogen-bond donors (Lipinski definition) is 1. The average Bonchev–Trinajstić information content (AvgIpc) is 2.96. The molecule has 0 unspecified atom stereocenters. The highest BCUT2D eigenvalue weighted by atomic mass is 16.2. The van der Waals surface area contributed by atoms with Crippen LogP contribution in [-0.2, 0) is 6.54 Å². The number of nitrogens with zero attached hydrogens (tertiary/aromatic N) is 5. The number of carbonyl (C=O) groups is 1. The van der Waals surface area contributed by atoms with Gasteiger partial charge in [0, 0.05) is 25.0 Å². The Morgan fingerprint density at radius 3 is 2.80 bits per heavy atom. The molecule has 7 nitrogen and oxygen atoms in total. The zero-order chi connectivity index (χ0) is 17.8. The lowest BCUT2D eigenvalue weighted by atomic mass is 10.2. The van der Waals surface area contributed by atoms with Crippen LogP contribution < -0.4 is 5.32 Å². The lowest BCUT2D eigenvalue weighted by molar-refractivity contribution is 0.200. The summed E-state index contributed by atoms with van der Waals surface area (Å²) in [5, 5.41) is 7.32. The fourth-order valence-corrected chi connectivity index (χ4v) is 2.64. The number of rotatable bonds is 5. The number of hydrogen-bond acceptors (Lipinski definition) is 4. The van der Waals surface area contributed by atoms with E-state index in [4.69, 9.17) is 0 Å². The summed E-state index contributed by atoms with van der Waals surface area (Å²) in [5.74, 6) is 0.941. The van der Waals surface area contributed by atoms with E-state index < -0.39 is 0 Å². The van der Waals surface area contributed by atoms with E-state index in [1.54, 1.807) is 27.9 Å². The van der Waals surface area contributed by atoms with Crippen LogP contribution in [0.1, 0.15) is 25.2 Å². The molecule has 0 aliphatic carbocycles. The van der Waals surface area contributed by atoms with Gasteiger partial charge >= 0.3 is 6.03 Å². The summed E-state index contributed by atoms with van der Waals surface area (Å²) in [6.07, 6.45) is 3.40. The minimum absolute atomic E-state index is 0.181. The molecule has 0 spiro atoms. The van der Waals surface area contributed by atoms with Crippen molar-refractivity contribution in [3.05, 3.63) is 54.1 Å². The maximum absolute atomic E-state index is 12.8. The van der Waals surface area contributed by atoms with Gasteiger partial charge in [-0.3, -0.25) is 10.3 Å². The molecule has 0 fully saturated rings. The molecule has 0 atom stereocenters. The number of aryl methyl sites for hydroxylation is 1. The lowest BCUT2D eigenvalue weighted by Gasteiger charge is -2.24. The lowest BCUT2D eigenvalue weighted by Crippen LogP contribution is -2.37. The van der Waals surface area contributed by atoms with Gasteiger partial charge in [0.05, 0.1) is 17.9 Å². The molecular weight excluding hydrogens is 316 g/mol. The largest absolute Gasteiger partial charge is 0.323 e. The maximum atomic E-state index is 12.8. The van der Waals surface area contributed by atoms with E-state index in [0.717, 1.165) is 11.4 Å². The minimum Gasteiger partial charge on any atom is -0.318 e. The Morgan fingerprint density at radius 1 is 1.24 bits per heavy atom. The van der Waals surface area contributed by atoms with Gasteiger partial charge in [0.1, 0.15) is 5.82 Å². The van der Waals surface area contributed by atoms with Crippen LogP contribution in [0.25, 0.3) is 5.65 Å². The number of nitrogens with one attached hydrogen (secondary N) is 1. The third-order valence-corrected chi connectivity index (χ3v) is 3.67. The third kappa shape index (κ3) is 4.12. The van der Waals surface area contributed by atoms with Crippen molar-refractivity contribution in [1.29, 1.82) is 0 Å². The summed E-state index contributed by atoms with van der Waals surface area (Å²) in [6.45, 7) is 7.15. The number of carbonyl (C=O) groups excluding carboxylic acids is 1. The van der Waals surface area contributed by atoms with Gasteiger partial charge in [-0.25, -0.2) is 9.78 Å². The number of anilines is 1. The van der Waals surface area contributed by atoms with Crippen LogP contribution in [0.3, 0.4) is 0 Å². The summed E-state index contributed by atoms with van der Waals surface area (Å²) < 4.78 is 1.64. The first-order chi connectivity index (χ1) is 12.0. The van der Waals surface area contributed by atoms with Crippen LogP contribution in [0.4, 0.5) is 10.6 Å². The molecule has 0 radical (unpaired) electrons. The van der Waals surface area contributed by atoms with Crippen molar-refractivity contribution in [2.24, 2.45) is 5.92 Å². The number of urea groups is 1. The highest BCUT2D eigenvalue weighted by molar-refractivity contribution is 5.88. The van der Waals surface area contributed by atoms with Gasteiger partial charge in [-0.15, -0.1) is 0 Å². The first-order valence-corrected chi connectivity index (χ1v) is 8.30. The fourth-order valence-electron chi connectivity index (χ4n) is 2.64. The molecular formula is C18H22N6O. The second kappa shape index (κ2) is 7.29. The SMILES string of the molecule is Cc1cc2nccc(NC(=O)N(Cc3ccccn3)CC(C)C)n2n1. The molecule has 7 heteroatoms. The van der Waals surface area contributed by atoms with Gasteiger partial charge in [-0.2, -0.15) is 9.61 Å². The molecule has 3 aromatic rings. The third-order valence-electron chi connectivity index (χ3n) is 3.67. The van der Waals surface area contributed by atoms with E-state index in [-0.39, 0.29) is 6.03 Å². The predicted molar refractivity (Wildman–Crippen MR) is 96.2 cm³/mol. The first-order valence-electron chi connectivity index (χ1n) is 8.30. The highest BCUT2D eigenvalue weighted by Crippen LogP contribution is 2.13. The number of fused-ring (bicyclic) bond motifs is 1. The summed E-state index contributed by atoms with van der Waals surface area (Å²) >= 11 is 0. The molecule has 1 N–H and O–H groups in total. The Morgan fingerprint density at radius 2 is 2.08 bits per heavy atom. The second-order valence-electron chi connectivity index (χ2n) is 6.41. The van der Waals surface area contributed by atoms with Crippen LogP contribution in [0.15, 0.2) is 42.7 Å². The molecule has 2 amide bonds. The van der Waals surface area contributed by atoms with Crippen molar-refractivity contribution in [2.75, 3.05) is 11.9 Å². The number of aromatic nitrogens is 4. The monoisotopic (exact) mass is 338 g/mol.